The summed E-state index contributed by atoms with van der Waals surface area (Å²) in [5.74, 6) is 0.988. The summed E-state index contributed by atoms with van der Waals surface area (Å²) in [5.41, 5.74) is 12.1. The van der Waals surface area contributed by atoms with Crippen LogP contribution >= 0.6 is 24.8 Å². The predicted octanol–water partition coefficient (Wildman–Crippen LogP) is 9.28. The molecule has 0 aromatic heterocycles. The third-order valence-corrected chi connectivity index (χ3v) is 38.4. The van der Waals surface area contributed by atoms with Gasteiger partial charge in [0, 0.05) is 0 Å². The van der Waals surface area contributed by atoms with Crippen molar-refractivity contribution in [2.45, 2.75) is 60.6 Å². The summed E-state index contributed by atoms with van der Waals surface area (Å²) in [6.45, 7) is 16.7. The number of fused-ring (bicyclic) bond motifs is 2. The van der Waals surface area contributed by atoms with Crippen molar-refractivity contribution >= 4 is 50.4 Å². The van der Waals surface area contributed by atoms with E-state index in [1.54, 1.807) is 17.7 Å². The zero-order chi connectivity index (χ0) is 28.3. The van der Waals surface area contributed by atoms with Crippen LogP contribution in [0.25, 0.3) is 12.2 Å². The van der Waals surface area contributed by atoms with Gasteiger partial charge >= 0.3 is 245 Å². The molecule has 4 aromatic rings. The Bertz CT molecular complexity index is 1600. The van der Waals surface area contributed by atoms with Crippen molar-refractivity contribution in [1.29, 1.82) is 0 Å². The van der Waals surface area contributed by atoms with Gasteiger partial charge in [-0.2, -0.15) is 0 Å². The van der Waals surface area contributed by atoms with E-state index in [-0.39, 0.29) is 24.8 Å². The fourth-order valence-electron chi connectivity index (χ4n) is 8.57. The quantitative estimate of drug-likeness (QED) is 0.177. The second-order valence-corrected chi connectivity index (χ2v) is 35.7. The van der Waals surface area contributed by atoms with Crippen LogP contribution in [0.1, 0.15) is 94.0 Å². The van der Waals surface area contributed by atoms with Gasteiger partial charge in [0.15, 0.2) is 0 Å². The Kier molecular flexibility index (Phi) is 9.57. The second-order valence-electron chi connectivity index (χ2n) is 13.0. The molecule has 2 aliphatic carbocycles. The molecule has 2 aliphatic rings. The molecule has 0 amide bonds. The molecule has 0 spiro atoms. The van der Waals surface area contributed by atoms with Gasteiger partial charge in [-0.15, -0.1) is 24.8 Å². The molecule has 2 unspecified atom stereocenters. The minimum atomic E-state index is -4.44. The molecule has 218 valence electrons. The van der Waals surface area contributed by atoms with E-state index in [4.69, 9.17) is 0 Å². The maximum atomic E-state index is 2.56. The van der Waals surface area contributed by atoms with Gasteiger partial charge in [0.2, 0.25) is 0 Å². The average molecular weight is 691 g/mol. The second kappa shape index (κ2) is 12.2. The Balaban J connectivity index is 0.00000202. The normalized spacial score (nSPS) is 17.6. The van der Waals surface area contributed by atoms with Gasteiger partial charge in [-0.3, -0.25) is 0 Å². The molecule has 0 aliphatic heterocycles. The topological polar surface area (TPSA) is 0 Å². The first-order chi connectivity index (χ1) is 19.2. The zero-order valence-corrected chi connectivity index (χ0v) is 31.2. The molecule has 0 saturated heterocycles. The number of hydrogen-bond donors (Lipinski definition) is 0. The zero-order valence-electron chi connectivity index (χ0n) is 25.7. The van der Waals surface area contributed by atoms with Gasteiger partial charge < -0.3 is 0 Å². The van der Waals surface area contributed by atoms with Crippen LogP contribution in [0, 0.1) is 0 Å². The maximum absolute atomic E-state index is 4.44. The van der Waals surface area contributed by atoms with Gasteiger partial charge in [0.1, 0.15) is 0 Å². The minimum Gasteiger partial charge on any atom is -0.147 e. The van der Waals surface area contributed by atoms with Crippen LogP contribution in [0.2, 0.25) is 0 Å². The average Bonchev–Trinajstić information content (AvgIpc) is 3.49. The van der Waals surface area contributed by atoms with Crippen molar-refractivity contribution in [3.63, 3.8) is 0 Å². The van der Waals surface area contributed by atoms with Crippen molar-refractivity contribution in [1.82, 2.24) is 0 Å². The third kappa shape index (κ3) is 4.64. The van der Waals surface area contributed by atoms with Gasteiger partial charge in [-0.25, -0.2) is 0 Å². The van der Waals surface area contributed by atoms with E-state index in [2.05, 4.69) is 158 Å². The van der Waals surface area contributed by atoms with Crippen LogP contribution in [0.4, 0.5) is 0 Å². The van der Waals surface area contributed by atoms with Crippen molar-refractivity contribution in [2.75, 3.05) is 0 Å². The molecule has 0 heterocycles. The van der Waals surface area contributed by atoms with Crippen LogP contribution in [-0.2, 0) is 17.4 Å². The van der Waals surface area contributed by atoms with Crippen molar-refractivity contribution < 1.29 is 17.4 Å². The summed E-state index contributed by atoms with van der Waals surface area (Å²) in [5, 5.41) is 0. The largest absolute Gasteiger partial charge is 0.147 e. The summed E-state index contributed by atoms with van der Waals surface area (Å²) < 4.78 is 3.96. The SMILES string of the molecule is CC1=Cc2c(C(C)C)cccc2[CH]1[Zr](=[SiH2])([c]1ccccc1)([c]1ccccc1)[CH]1C(C)=Cc2c(C(C)C)cccc21.Cl.Cl. The Morgan fingerprint density at radius 2 is 0.881 bits per heavy atom. The maximum Gasteiger partial charge on any atom is -0.147 e. The van der Waals surface area contributed by atoms with Crippen molar-refractivity contribution in [2.24, 2.45) is 0 Å². The molecule has 0 nitrogen and oxygen atoms in total. The molecule has 42 heavy (non-hydrogen) atoms. The summed E-state index contributed by atoms with van der Waals surface area (Å²) in [4.78, 5) is 0. The fourth-order valence-corrected chi connectivity index (χ4v) is 37.8. The van der Waals surface area contributed by atoms with E-state index in [0.717, 1.165) is 0 Å². The van der Waals surface area contributed by atoms with E-state index in [9.17, 15) is 0 Å². The number of halogens is 2. The van der Waals surface area contributed by atoms with E-state index in [1.165, 1.54) is 33.4 Å². The first kappa shape index (κ1) is 32.9. The predicted molar refractivity (Wildman–Crippen MR) is 189 cm³/mol. The molecular weight excluding hydrogens is 647 g/mol. The Morgan fingerprint density at radius 3 is 1.21 bits per heavy atom. The van der Waals surface area contributed by atoms with Gasteiger partial charge in [-0.05, 0) is 0 Å². The van der Waals surface area contributed by atoms with Gasteiger partial charge in [0.25, 0.3) is 0 Å². The molecule has 0 bridgehead atoms. The summed E-state index contributed by atoms with van der Waals surface area (Å²) in [6.07, 6.45) is 5.12. The van der Waals surface area contributed by atoms with Gasteiger partial charge in [0.05, 0.1) is 0 Å². The molecule has 6 rings (SSSR count). The molecular formula is C38H44Cl2SiZr. The minimum absolute atomic E-state index is 0. The Labute approximate surface area is 268 Å². The molecule has 0 fully saturated rings. The van der Waals surface area contributed by atoms with E-state index < -0.39 is 17.4 Å². The summed E-state index contributed by atoms with van der Waals surface area (Å²) in [6, 6.07) is 37.8. The first-order valence-electron chi connectivity index (χ1n) is 14.9. The van der Waals surface area contributed by atoms with Crippen LogP contribution in [0.15, 0.2) is 108 Å². The molecule has 4 heteroatoms. The van der Waals surface area contributed by atoms with E-state index in [1.807, 2.05) is 0 Å². The van der Waals surface area contributed by atoms with Crippen LogP contribution in [0.5, 0.6) is 0 Å². The van der Waals surface area contributed by atoms with E-state index in [0.29, 0.717) is 19.1 Å². The fraction of sp³-hybridized carbons (Fsp3) is 0.263. The summed E-state index contributed by atoms with van der Waals surface area (Å²) >= 11 is -4.44. The Hall–Kier alpha value is -1.96. The molecule has 0 saturated carbocycles. The van der Waals surface area contributed by atoms with Crippen molar-refractivity contribution in [3.8, 4) is 0 Å². The van der Waals surface area contributed by atoms with Crippen LogP contribution < -0.4 is 6.54 Å². The van der Waals surface area contributed by atoms with Gasteiger partial charge in [-0.1, -0.05) is 0 Å². The first-order valence-corrected chi connectivity index (χ1v) is 26.2. The monoisotopic (exact) mass is 688 g/mol. The van der Waals surface area contributed by atoms with Crippen LogP contribution in [-0.4, -0.2) is 6.88 Å². The van der Waals surface area contributed by atoms with Crippen molar-refractivity contribution in [3.05, 3.63) is 142 Å². The number of allylic oxidation sites excluding steroid dienone is 2. The number of rotatable bonds is 6. The molecule has 4 aromatic carbocycles. The number of benzene rings is 4. The Morgan fingerprint density at radius 1 is 0.524 bits per heavy atom. The molecule has 2 atom stereocenters. The molecule has 0 N–H and O–H groups in total. The van der Waals surface area contributed by atoms with E-state index >= 15 is 0 Å². The smallest absolute Gasteiger partial charge is 0.147 e. The third-order valence-electron chi connectivity index (χ3n) is 10.1. The number of hydrogen-bond acceptors (Lipinski definition) is 0. The molecule has 0 radical (unpaired) electrons. The standard InChI is InChI=1S/2C13H15.2C6H5.2ClH.H2Si.Zr/c2*1-9(2)12-6-4-5-11-7-10(3)8-13(11)12;2*1-2-4-6-5-3-1;;;;/h2*4-9H,1-3H3;2*1-5H;2*1H;1H2;. The summed E-state index contributed by atoms with van der Waals surface area (Å²) in [7, 11) is 0. The van der Waals surface area contributed by atoms with Crippen LogP contribution in [0.3, 0.4) is 0 Å².